The van der Waals surface area contributed by atoms with Gasteiger partial charge in [-0.2, -0.15) is 0 Å². The summed E-state index contributed by atoms with van der Waals surface area (Å²) in [4.78, 5) is 10.6. The van der Waals surface area contributed by atoms with Crippen molar-refractivity contribution < 1.29 is 19.0 Å². The van der Waals surface area contributed by atoms with Gasteiger partial charge in [0.05, 0.1) is 0 Å². The van der Waals surface area contributed by atoms with E-state index in [1.807, 2.05) is 6.92 Å². The van der Waals surface area contributed by atoms with Gasteiger partial charge in [-0.25, -0.2) is 9.18 Å². The summed E-state index contributed by atoms with van der Waals surface area (Å²) in [5.74, 6) is -0.421. The predicted octanol–water partition coefficient (Wildman–Crippen LogP) is 2.23. The third kappa shape index (κ3) is 2.24. The zero-order valence-electron chi connectivity index (χ0n) is 9.50. The molecule has 1 aromatic carbocycles. The van der Waals surface area contributed by atoms with E-state index in [1.165, 1.54) is 6.07 Å². The Kier molecular flexibility index (Phi) is 3.28. The van der Waals surface area contributed by atoms with E-state index in [0.717, 1.165) is 17.5 Å². The van der Waals surface area contributed by atoms with Crippen molar-refractivity contribution in [3.8, 4) is 0 Å². The number of carboxylic acid groups (broad SMARTS) is 1. The molecule has 0 aromatic heterocycles. The molecule has 2 rings (SSSR count). The number of hydrogen-bond donors (Lipinski definition) is 2. The van der Waals surface area contributed by atoms with Crippen LogP contribution in [0.2, 0.25) is 0 Å². The monoisotopic (exact) mass is 239 g/mol. The molecular formula is C12H14FNO3. The average molecular weight is 239 g/mol. The number of ether oxygens (including phenoxy) is 1. The Morgan fingerprint density at radius 3 is 3.06 bits per heavy atom. The molecule has 1 heterocycles. The molecule has 4 nitrogen and oxygen atoms in total. The molecule has 0 amide bonds. The molecule has 17 heavy (non-hydrogen) atoms. The second-order valence-corrected chi connectivity index (χ2v) is 3.92. The van der Waals surface area contributed by atoms with Crippen molar-refractivity contribution in [1.29, 1.82) is 0 Å². The molecule has 1 aliphatic heterocycles. The van der Waals surface area contributed by atoms with Crippen LogP contribution < -0.4 is 5.32 Å². The predicted molar refractivity (Wildman–Crippen MR) is 59.3 cm³/mol. The summed E-state index contributed by atoms with van der Waals surface area (Å²) in [5.41, 5.74) is 2.25. The van der Waals surface area contributed by atoms with Crippen molar-refractivity contribution >= 4 is 6.16 Å². The molecule has 0 spiro atoms. The fourth-order valence-electron chi connectivity index (χ4n) is 2.22. The summed E-state index contributed by atoms with van der Waals surface area (Å²) in [5, 5.41) is 11.5. The van der Waals surface area contributed by atoms with Gasteiger partial charge in [0.15, 0.2) is 6.23 Å². The van der Waals surface area contributed by atoms with Gasteiger partial charge in [0.2, 0.25) is 0 Å². The first-order valence-electron chi connectivity index (χ1n) is 5.56. The van der Waals surface area contributed by atoms with Crippen LogP contribution in [-0.4, -0.2) is 17.8 Å². The Morgan fingerprint density at radius 1 is 1.65 bits per heavy atom. The Hall–Kier alpha value is -1.62. The number of aryl methyl sites for hydroxylation is 1. The fourth-order valence-corrected chi connectivity index (χ4v) is 2.22. The topological polar surface area (TPSA) is 58.6 Å². The Morgan fingerprint density at radius 2 is 2.41 bits per heavy atom. The zero-order chi connectivity index (χ0) is 12.4. The van der Waals surface area contributed by atoms with Crippen LogP contribution >= 0.6 is 0 Å². The molecule has 5 heteroatoms. The Bertz CT molecular complexity index is 448. The van der Waals surface area contributed by atoms with Gasteiger partial charge in [-0.15, -0.1) is 0 Å². The third-order valence-corrected chi connectivity index (χ3v) is 2.97. The highest BCUT2D eigenvalue weighted by atomic mass is 19.1. The number of hydrogen-bond acceptors (Lipinski definition) is 3. The van der Waals surface area contributed by atoms with Crippen molar-refractivity contribution in [2.75, 3.05) is 6.54 Å². The summed E-state index contributed by atoms with van der Waals surface area (Å²) < 4.78 is 18.4. The molecule has 1 aromatic rings. The highest BCUT2D eigenvalue weighted by Gasteiger charge is 2.27. The lowest BCUT2D eigenvalue weighted by Crippen LogP contribution is -2.34. The van der Waals surface area contributed by atoms with E-state index in [2.05, 4.69) is 10.1 Å². The van der Waals surface area contributed by atoms with Crippen LogP contribution in [0.3, 0.4) is 0 Å². The lowest BCUT2D eigenvalue weighted by atomic mass is 9.92. The molecule has 92 valence electrons. The molecule has 0 radical (unpaired) electrons. The standard InChI is InChI=1S/C12H14FNO3/c1-2-7-3-4-9(13)10-8(7)5-6-14-11(10)17-12(15)16/h3-4,11,14H,2,5-6H2,1H3,(H,15,16). The van der Waals surface area contributed by atoms with Gasteiger partial charge >= 0.3 is 6.16 Å². The lowest BCUT2D eigenvalue weighted by molar-refractivity contribution is 0.0314. The third-order valence-electron chi connectivity index (χ3n) is 2.97. The first-order chi connectivity index (χ1) is 8.13. The van der Waals surface area contributed by atoms with Gasteiger partial charge in [0.25, 0.3) is 0 Å². The van der Waals surface area contributed by atoms with Crippen molar-refractivity contribution in [2.24, 2.45) is 0 Å². The second kappa shape index (κ2) is 4.71. The molecule has 0 aliphatic carbocycles. The summed E-state index contributed by atoms with van der Waals surface area (Å²) >= 11 is 0. The van der Waals surface area contributed by atoms with Crippen LogP contribution in [0.4, 0.5) is 9.18 Å². The van der Waals surface area contributed by atoms with Crippen LogP contribution in [0.1, 0.15) is 29.8 Å². The fraction of sp³-hybridized carbons (Fsp3) is 0.417. The summed E-state index contributed by atoms with van der Waals surface area (Å²) in [6.45, 7) is 2.57. The number of fused-ring (bicyclic) bond motifs is 1. The summed E-state index contributed by atoms with van der Waals surface area (Å²) in [6, 6.07) is 3.11. The van der Waals surface area contributed by atoms with Crippen molar-refractivity contribution in [2.45, 2.75) is 26.0 Å². The van der Waals surface area contributed by atoms with Gasteiger partial charge in [-0.1, -0.05) is 13.0 Å². The highest BCUT2D eigenvalue weighted by Crippen LogP contribution is 2.29. The normalized spacial score (nSPS) is 18.6. The molecule has 0 saturated carbocycles. The molecule has 0 fully saturated rings. The van der Waals surface area contributed by atoms with E-state index >= 15 is 0 Å². The van der Waals surface area contributed by atoms with E-state index in [1.54, 1.807) is 6.07 Å². The molecule has 0 bridgehead atoms. The van der Waals surface area contributed by atoms with E-state index in [9.17, 15) is 9.18 Å². The number of nitrogens with one attached hydrogen (secondary N) is 1. The van der Waals surface area contributed by atoms with Crippen LogP contribution in [0.25, 0.3) is 0 Å². The SMILES string of the molecule is CCc1ccc(F)c2c1CCNC2OC(=O)O. The van der Waals surface area contributed by atoms with Crippen LogP contribution in [-0.2, 0) is 17.6 Å². The number of halogens is 1. The molecular weight excluding hydrogens is 225 g/mol. The first kappa shape index (κ1) is 11.9. The smallest absolute Gasteiger partial charge is 0.450 e. The van der Waals surface area contributed by atoms with Gasteiger partial charge in [0.1, 0.15) is 5.82 Å². The molecule has 1 unspecified atom stereocenters. The quantitative estimate of drug-likeness (QED) is 0.777. The molecule has 1 aliphatic rings. The maximum Gasteiger partial charge on any atom is 0.507 e. The van der Waals surface area contributed by atoms with Crippen molar-refractivity contribution in [3.05, 3.63) is 34.6 Å². The molecule has 0 saturated heterocycles. The maximum absolute atomic E-state index is 13.8. The lowest BCUT2D eigenvalue weighted by Gasteiger charge is -2.27. The molecule has 2 N–H and O–H groups in total. The first-order valence-corrected chi connectivity index (χ1v) is 5.56. The second-order valence-electron chi connectivity index (χ2n) is 3.92. The van der Waals surface area contributed by atoms with Crippen LogP contribution in [0.5, 0.6) is 0 Å². The number of carbonyl (C=O) groups is 1. The van der Waals surface area contributed by atoms with E-state index in [4.69, 9.17) is 5.11 Å². The van der Waals surface area contributed by atoms with Gasteiger partial charge in [-0.3, -0.25) is 5.32 Å². The highest BCUT2D eigenvalue weighted by molar-refractivity contribution is 5.57. The summed E-state index contributed by atoms with van der Waals surface area (Å²) in [6.07, 6.45) is -0.822. The molecule has 1 atom stereocenters. The van der Waals surface area contributed by atoms with Crippen molar-refractivity contribution in [1.82, 2.24) is 5.32 Å². The zero-order valence-corrected chi connectivity index (χ0v) is 9.50. The van der Waals surface area contributed by atoms with Gasteiger partial charge in [-0.05, 0) is 30.0 Å². The van der Waals surface area contributed by atoms with Crippen LogP contribution in [0.15, 0.2) is 12.1 Å². The van der Waals surface area contributed by atoms with E-state index in [0.29, 0.717) is 18.5 Å². The van der Waals surface area contributed by atoms with Gasteiger partial charge in [0, 0.05) is 12.1 Å². The number of rotatable bonds is 2. The maximum atomic E-state index is 13.8. The number of benzene rings is 1. The average Bonchev–Trinajstić information content (AvgIpc) is 2.29. The van der Waals surface area contributed by atoms with Gasteiger partial charge < -0.3 is 9.84 Å². The van der Waals surface area contributed by atoms with E-state index < -0.39 is 18.2 Å². The minimum atomic E-state index is -1.41. The summed E-state index contributed by atoms with van der Waals surface area (Å²) in [7, 11) is 0. The Labute approximate surface area is 98.4 Å². The minimum Gasteiger partial charge on any atom is -0.450 e. The van der Waals surface area contributed by atoms with E-state index in [-0.39, 0.29) is 0 Å². The van der Waals surface area contributed by atoms with Crippen LogP contribution in [0, 0.1) is 5.82 Å². The minimum absolute atomic E-state index is 0.331. The van der Waals surface area contributed by atoms with Crippen molar-refractivity contribution in [3.63, 3.8) is 0 Å². The Balaban J connectivity index is 2.45. The largest absolute Gasteiger partial charge is 0.507 e.